The highest BCUT2D eigenvalue weighted by Gasteiger charge is 2.26. The molecule has 1 aliphatic rings. The van der Waals surface area contributed by atoms with Crippen LogP contribution in [0.15, 0.2) is 30.3 Å². The summed E-state index contributed by atoms with van der Waals surface area (Å²) in [5.41, 5.74) is 0.497. The van der Waals surface area contributed by atoms with E-state index in [0.717, 1.165) is 45.2 Å². The quantitative estimate of drug-likeness (QED) is 0.143. The van der Waals surface area contributed by atoms with Crippen molar-refractivity contribution < 1.29 is 32.8 Å². The Hall–Kier alpha value is -2.17. The predicted molar refractivity (Wildman–Crippen MR) is 153 cm³/mol. The summed E-state index contributed by atoms with van der Waals surface area (Å²) in [6.07, 6.45) is 4.24. The number of hydrogen-bond donors (Lipinski definition) is 1. The van der Waals surface area contributed by atoms with Crippen LogP contribution in [0.25, 0.3) is 0 Å². The van der Waals surface area contributed by atoms with Crippen molar-refractivity contribution in [2.75, 3.05) is 32.8 Å². The summed E-state index contributed by atoms with van der Waals surface area (Å²) >= 11 is 11.9. The maximum Gasteiger partial charge on any atom is 0.410 e. The first-order valence-corrected chi connectivity index (χ1v) is 14.5. The van der Waals surface area contributed by atoms with Gasteiger partial charge in [-0.3, -0.25) is 0 Å². The van der Waals surface area contributed by atoms with Gasteiger partial charge in [0.25, 0.3) is 0 Å². The highest BCUT2D eigenvalue weighted by Crippen LogP contribution is 2.27. The van der Waals surface area contributed by atoms with E-state index in [1.165, 1.54) is 12.1 Å². The summed E-state index contributed by atoms with van der Waals surface area (Å²) in [4.78, 5) is 23.7. The molecule has 2 aromatic carbocycles. The molecule has 0 aromatic heterocycles. The fraction of sp³-hybridized carbons (Fsp3) is 0.552. The lowest BCUT2D eigenvalue weighted by Crippen LogP contribution is -2.53. The van der Waals surface area contributed by atoms with E-state index in [0.29, 0.717) is 36.1 Å². The van der Waals surface area contributed by atoms with Gasteiger partial charge in [0, 0.05) is 47.9 Å². The molecule has 0 radical (unpaired) electrons. The summed E-state index contributed by atoms with van der Waals surface area (Å²) < 4.78 is 38.2. The molecule has 1 heterocycles. The number of carbonyl (C=O) groups is 1. The first-order valence-electron chi connectivity index (χ1n) is 13.7. The minimum Gasteiger partial charge on any atom is -0.493 e. The molecule has 1 aliphatic heterocycles. The predicted octanol–water partition coefficient (Wildman–Crippen LogP) is 7.71. The molecule has 0 bridgehead atoms. The van der Waals surface area contributed by atoms with Gasteiger partial charge in [0.05, 0.1) is 18.2 Å². The molecule has 7 nitrogen and oxygen atoms in total. The van der Waals surface area contributed by atoms with Gasteiger partial charge in [-0.25, -0.2) is 23.4 Å². The van der Waals surface area contributed by atoms with E-state index in [2.05, 4.69) is 19.2 Å². The number of ether oxygens (including phenoxy) is 2. The molecule has 1 amide bonds. The zero-order valence-electron chi connectivity index (χ0n) is 23.4. The SMILES string of the molecule is CCCCOOCc1c(F)cccc1Cl.CCCCOc1cc(F)c(COC(=O)N2CCNCC2CC)c(Cl)c1. The number of hydrogen-bond acceptors (Lipinski definition) is 6. The summed E-state index contributed by atoms with van der Waals surface area (Å²) in [6.45, 7) is 9.05. The number of benzene rings is 2. The van der Waals surface area contributed by atoms with E-state index >= 15 is 0 Å². The average molecular weight is 606 g/mol. The van der Waals surface area contributed by atoms with Gasteiger partial charge in [-0.2, -0.15) is 0 Å². The molecule has 40 heavy (non-hydrogen) atoms. The molecular weight excluding hydrogens is 565 g/mol. The Labute approximate surface area is 245 Å². The standard InChI is InChI=1S/C18H26ClFN2O3.C11H14ClFO2/c1-3-5-8-24-14-9-16(19)15(17(20)10-14)12-25-18(23)22-7-6-21-11-13(22)4-2;1-2-3-7-14-15-8-9-10(12)5-4-6-11(9)13/h9-10,13,21H,3-8,11-12H2,1-2H3;4-6H,2-3,7-8H2,1H3. The number of rotatable bonds is 13. The summed E-state index contributed by atoms with van der Waals surface area (Å²) in [5, 5.41) is 3.80. The van der Waals surface area contributed by atoms with Crippen molar-refractivity contribution in [3.63, 3.8) is 0 Å². The van der Waals surface area contributed by atoms with E-state index in [4.69, 9.17) is 42.5 Å². The maximum atomic E-state index is 14.3. The molecule has 1 N–H and O–H groups in total. The lowest BCUT2D eigenvalue weighted by atomic mass is 10.1. The van der Waals surface area contributed by atoms with E-state index in [-0.39, 0.29) is 35.7 Å². The van der Waals surface area contributed by atoms with Crippen molar-refractivity contribution in [3.8, 4) is 5.75 Å². The summed E-state index contributed by atoms with van der Waals surface area (Å²) in [7, 11) is 0. The highest BCUT2D eigenvalue weighted by atomic mass is 35.5. The highest BCUT2D eigenvalue weighted by molar-refractivity contribution is 6.31. The van der Waals surface area contributed by atoms with Crippen LogP contribution in [0.5, 0.6) is 5.75 Å². The van der Waals surface area contributed by atoms with Crippen molar-refractivity contribution >= 4 is 29.3 Å². The van der Waals surface area contributed by atoms with Crippen molar-refractivity contribution in [1.29, 1.82) is 0 Å². The monoisotopic (exact) mass is 604 g/mol. The Morgan fingerprint density at radius 2 is 1.70 bits per heavy atom. The van der Waals surface area contributed by atoms with Crippen LogP contribution in [0.2, 0.25) is 10.0 Å². The Kier molecular flexibility index (Phi) is 16.2. The molecule has 1 atom stereocenters. The van der Waals surface area contributed by atoms with Crippen LogP contribution in [0.3, 0.4) is 0 Å². The topological polar surface area (TPSA) is 69.3 Å². The van der Waals surface area contributed by atoms with E-state index in [1.807, 2.05) is 6.92 Å². The second-order valence-electron chi connectivity index (χ2n) is 9.22. The van der Waals surface area contributed by atoms with Crippen LogP contribution < -0.4 is 10.1 Å². The fourth-order valence-corrected chi connectivity index (χ4v) is 4.22. The summed E-state index contributed by atoms with van der Waals surface area (Å²) in [6, 6.07) is 7.45. The first kappa shape index (κ1) is 34.0. The smallest absolute Gasteiger partial charge is 0.410 e. The Bertz CT molecular complexity index is 1000. The van der Waals surface area contributed by atoms with Crippen molar-refractivity contribution in [2.24, 2.45) is 0 Å². The van der Waals surface area contributed by atoms with Crippen molar-refractivity contribution in [2.45, 2.75) is 72.1 Å². The van der Waals surface area contributed by atoms with Gasteiger partial charge in [-0.15, -0.1) is 0 Å². The van der Waals surface area contributed by atoms with Gasteiger partial charge in [0.15, 0.2) is 0 Å². The molecule has 224 valence electrons. The third kappa shape index (κ3) is 11.4. The normalized spacial score (nSPS) is 14.9. The Morgan fingerprint density at radius 1 is 0.975 bits per heavy atom. The van der Waals surface area contributed by atoms with Gasteiger partial charge in [0.1, 0.15) is 30.6 Å². The van der Waals surface area contributed by atoms with E-state index < -0.39 is 11.9 Å². The van der Waals surface area contributed by atoms with Gasteiger partial charge >= 0.3 is 6.09 Å². The number of halogens is 4. The first-order chi connectivity index (χ1) is 19.3. The van der Waals surface area contributed by atoms with Crippen LogP contribution in [-0.2, 0) is 27.7 Å². The fourth-order valence-electron chi connectivity index (χ4n) is 3.75. The number of amides is 1. The molecular formula is C29H40Cl2F2N2O5. The molecule has 0 saturated carbocycles. The van der Waals surface area contributed by atoms with Crippen LogP contribution in [0, 0.1) is 11.6 Å². The second-order valence-corrected chi connectivity index (χ2v) is 10.0. The summed E-state index contributed by atoms with van der Waals surface area (Å²) in [5.74, 6) is -0.514. The second kappa shape index (κ2) is 19.0. The lowest BCUT2D eigenvalue weighted by molar-refractivity contribution is -0.304. The molecule has 1 fully saturated rings. The Morgan fingerprint density at radius 3 is 2.38 bits per heavy atom. The zero-order chi connectivity index (χ0) is 29.3. The number of carbonyl (C=O) groups excluding carboxylic acids is 1. The van der Waals surface area contributed by atoms with E-state index in [1.54, 1.807) is 23.1 Å². The molecule has 1 saturated heterocycles. The molecule has 3 rings (SSSR count). The number of piperazine rings is 1. The minimum absolute atomic E-state index is 0.0369. The van der Waals surface area contributed by atoms with E-state index in [9.17, 15) is 13.6 Å². The molecule has 11 heteroatoms. The van der Waals surface area contributed by atoms with Crippen LogP contribution >= 0.6 is 23.2 Å². The molecule has 1 unspecified atom stereocenters. The maximum absolute atomic E-state index is 14.3. The zero-order valence-corrected chi connectivity index (χ0v) is 25.0. The van der Waals surface area contributed by atoms with Gasteiger partial charge < -0.3 is 19.7 Å². The van der Waals surface area contributed by atoms with Crippen LogP contribution in [0.1, 0.15) is 64.0 Å². The van der Waals surface area contributed by atoms with Crippen molar-refractivity contribution in [1.82, 2.24) is 10.2 Å². The average Bonchev–Trinajstić information content (AvgIpc) is 2.94. The molecule has 0 spiro atoms. The van der Waals surface area contributed by atoms with Crippen LogP contribution in [0.4, 0.5) is 13.6 Å². The Balaban J connectivity index is 0.000000319. The third-order valence-electron chi connectivity index (χ3n) is 6.21. The number of nitrogens with one attached hydrogen (secondary N) is 1. The molecule has 2 aromatic rings. The lowest BCUT2D eigenvalue weighted by Gasteiger charge is -2.34. The third-order valence-corrected chi connectivity index (χ3v) is 6.90. The largest absolute Gasteiger partial charge is 0.493 e. The van der Waals surface area contributed by atoms with Gasteiger partial charge in [-0.1, -0.05) is 62.9 Å². The molecule has 0 aliphatic carbocycles. The van der Waals surface area contributed by atoms with Crippen molar-refractivity contribution in [3.05, 3.63) is 63.1 Å². The van der Waals surface area contributed by atoms with Gasteiger partial charge in [0.2, 0.25) is 0 Å². The van der Waals surface area contributed by atoms with Crippen LogP contribution in [-0.4, -0.2) is 49.9 Å². The number of nitrogens with zero attached hydrogens (tertiary/aromatic N) is 1. The van der Waals surface area contributed by atoms with Gasteiger partial charge in [-0.05, 0) is 37.5 Å². The number of unbranched alkanes of at least 4 members (excludes halogenated alkanes) is 2. The minimum atomic E-state index is -0.529.